The number of nitrogens with one attached hydrogen (secondary N) is 1. The van der Waals surface area contributed by atoms with Gasteiger partial charge >= 0.3 is 0 Å². The molecule has 0 atom stereocenters. The molecule has 3 aromatic heterocycles. The molecule has 6 nitrogen and oxygen atoms in total. The van der Waals surface area contributed by atoms with E-state index in [0.29, 0.717) is 0 Å². The van der Waals surface area contributed by atoms with E-state index < -0.39 is 0 Å². The van der Waals surface area contributed by atoms with Crippen molar-refractivity contribution in [2.75, 3.05) is 0 Å². The number of rotatable bonds is 3. The molecular weight excluding hydrogens is 350 g/mol. The van der Waals surface area contributed by atoms with Crippen LogP contribution in [0.2, 0.25) is 0 Å². The van der Waals surface area contributed by atoms with Gasteiger partial charge in [0.25, 0.3) is 0 Å². The van der Waals surface area contributed by atoms with E-state index in [2.05, 4.69) is 44.5 Å². The first-order valence-electron chi connectivity index (χ1n) is 9.11. The standard InChI is InChI=1S/C22H19N5O/c1-13-20(14(2)28-26-13)16-9-17(21-19(10-16)23-12-24-21)22-18(11-25-27(22)3)15-7-5-4-6-8-15/h4-12H,1-3H3,(H,23,24). The van der Waals surface area contributed by atoms with Crippen LogP contribution in [0.15, 0.2) is 59.5 Å². The number of nitrogens with zero attached hydrogens (tertiary/aromatic N) is 4. The zero-order valence-corrected chi connectivity index (χ0v) is 15.9. The van der Waals surface area contributed by atoms with E-state index in [1.165, 1.54) is 0 Å². The molecule has 0 fully saturated rings. The fraction of sp³-hybridized carbons (Fsp3) is 0.136. The summed E-state index contributed by atoms with van der Waals surface area (Å²) < 4.78 is 7.30. The zero-order valence-electron chi connectivity index (χ0n) is 15.9. The first-order valence-corrected chi connectivity index (χ1v) is 9.11. The highest BCUT2D eigenvalue weighted by Crippen LogP contribution is 2.38. The Morgan fingerprint density at radius 1 is 1.00 bits per heavy atom. The van der Waals surface area contributed by atoms with E-state index in [9.17, 15) is 0 Å². The summed E-state index contributed by atoms with van der Waals surface area (Å²) in [5, 5.41) is 8.65. The lowest BCUT2D eigenvalue weighted by molar-refractivity contribution is 0.393. The molecular formula is C22H19N5O. The SMILES string of the molecule is Cc1noc(C)c1-c1cc(-c2c(-c3ccccc3)cnn2C)c2nc[nH]c2c1. The average molecular weight is 369 g/mol. The van der Waals surface area contributed by atoms with Gasteiger partial charge in [0.15, 0.2) is 0 Å². The number of hydrogen-bond acceptors (Lipinski definition) is 4. The van der Waals surface area contributed by atoms with E-state index in [1.54, 1.807) is 6.33 Å². The first-order chi connectivity index (χ1) is 13.6. The van der Waals surface area contributed by atoms with Crippen LogP contribution >= 0.6 is 0 Å². The molecule has 0 bridgehead atoms. The van der Waals surface area contributed by atoms with Crippen LogP contribution in [0.1, 0.15) is 11.5 Å². The third kappa shape index (κ3) is 2.45. The van der Waals surface area contributed by atoms with Crippen LogP contribution in [0.25, 0.3) is 44.5 Å². The molecule has 5 rings (SSSR count). The van der Waals surface area contributed by atoms with Crippen molar-refractivity contribution in [3.63, 3.8) is 0 Å². The predicted molar refractivity (Wildman–Crippen MR) is 109 cm³/mol. The lowest BCUT2D eigenvalue weighted by atomic mass is 9.96. The molecule has 1 N–H and O–H groups in total. The van der Waals surface area contributed by atoms with Crippen molar-refractivity contribution in [1.82, 2.24) is 24.9 Å². The Morgan fingerprint density at radius 3 is 2.57 bits per heavy atom. The Hall–Kier alpha value is -3.67. The van der Waals surface area contributed by atoms with Crippen molar-refractivity contribution in [2.24, 2.45) is 7.05 Å². The predicted octanol–water partition coefficient (Wildman–Crippen LogP) is 4.90. The minimum Gasteiger partial charge on any atom is -0.361 e. The topological polar surface area (TPSA) is 72.5 Å². The van der Waals surface area contributed by atoms with E-state index in [0.717, 1.165) is 56.0 Å². The Labute approximate surface area is 161 Å². The minimum atomic E-state index is 0.801. The quantitative estimate of drug-likeness (QED) is 0.491. The van der Waals surface area contributed by atoms with Crippen molar-refractivity contribution in [3.8, 4) is 33.5 Å². The van der Waals surface area contributed by atoms with Gasteiger partial charge in [-0.3, -0.25) is 4.68 Å². The summed E-state index contributed by atoms with van der Waals surface area (Å²) in [6, 6.07) is 14.5. The van der Waals surface area contributed by atoms with Gasteiger partial charge < -0.3 is 9.51 Å². The third-order valence-corrected chi connectivity index (χ3v) is 5.12. The van der Waals surface area contributed by atoms with Gasteiger partial charge in [0.05, 0.1) is 34.9 Å². The molecule has 0 aliphatic carbocycles. The van der Waals surface area contributed by atoms with Crippen LogP contribution in [-0.4, -0.2) is 24.9 Å². The summed E-state index contributed by atoms with van der Waals surface area (Å²) in [6.45, 7) is 3.90. The molecule has 2 aromatic carbocycles. The van der Waals surface area contributed by atoms with E-state index in [1.807, 2.05) is 50.0 Å². The second-order valence-electron chi connectivity index (χ2n) is 6.92. The second-order valence-corrected chi connectivity index (χ2v) is 6.92. The Bertz CT molecular complexity index is 1270. The largest absolute Gasteiger partial charge is 0.361 e. The van der Waals surface area contributed by atoms with Gasteiger partial charge in [0.1, 0.15) is 5.76 Å². The number of aromatic nitrogens is 5. The third-order valence-electron chi connectivity index (χ3n) is 5.12. The number of H-pyrrole nitrogens is 1. The lowest BCUT2D eigenvalue weighted by Crippen LogP contribution is -1.96. The van der Waals surface area contributed by atoms with Gasteiger partial charge in [-0.25, -0.2) is 4.98 Å². The summed E-state index contributed by atoms with van der Waals surface area (Å²) in [5.74, 6) is 0.801. The van der Waals surface area contributed by atoms with Crippen LogP contribution in [0.4, 0.5) is 0 Å². The van der Waals surface area contributed by atoms with E-state index >= 15 is 0 Å². The van der Waals surface area contributed by atoms with E-state index in [-0.39, 0.29) is 0 Å². The summed E-state index contributed by atoms with van der Waals surface area (Å²) >= 11 is 0. The summed E-state index contributed by atoms with van der Waals surface area (Å²) in [6.07, 6.45) is 3.63. The van der Waals surface area contributed by atoms with Crippen molar-refractivity contribution >= 4 is 11.0 Å². The molecule has 5 aromatic rings. The van der Waals surface area contributed by atoms with Crippen LogP contribution in [0, 0.1) is 13.8 Å². The molecule has 28 heavy (non-hydrogen) atoms. The first kappa shape index (κ1) is 16.5. The molecule has 138 valence electrons. The normalized spacial score (nSPS) is 11.4. The lowest BCUT2D eigenvalue weighted by Gasteiger charge is -2.10. The van der Waals surface area contributed by atoms with Crippen LogP contribution in [0.3, 0.4) is 0 Å². The molecule has 0 spiro atoms. The number of aromatic amines is 1. The van der Waals surface area contributed by atoms with Gasteiger partial charge in [-0.1, -0.05) is 35.5 Å². The van der Waals surface area contributed by atoms with Crippen molar-refractivity contribution in [1.29, 1.82) is 0 Å². The van der Waals surface area contributed by atoms with Gasteiger partial charge in [-0.15, -0.1) is 0 Å². The average Bonchev–Trinajstić information content (AvgIpc) is 3.40. The summed E-state index contributed by atoms with van der Waals surface area (Å²) in [5.41, 5.74) is 9.05. The molecule has 0 aliphatic rings. The zero-order chi connectivity index (χ0) is 19.3. The maximum Gasteiger partial charge on any atom is 0.141 e. The van der Waals surface area contributed by atoms with Crippen molar-refractivity contribution in [3.05, 3.63) is 66.4 Å². The van der Waals surface area contributed by atoms with E-state index in [4.69, 9.17) is 4.52 Å². The molecule has 3 heterocycles. The number of hydrogen-bond donors (Lipinski definition) is 1. The summed E-state index contributed by atoms with van der Waals surface area (Å²) in [4.78, 5) is 7.83. The number of benzene rings is 2. The number of imidazole rings is 1. The molecule has 0 saturated carbocycles. The maximum absolute atomic E-state index is 5.40. The highest BCUT2D eigenvalue weighted by Gasteiger charge is 2.20. The van der Waals surface area contributed by atoms with Crippen LogP contribution in [0.5, 0.6) is 0 Å². The summed E-state index contributed by atoms with van der Waals surface area (Å²) in [7, 11) is 1.96. The maximum atomic E-state index is 5.40. The van der Waals surface area contributed by atoms with Crippen LogP contribution < -0.4 is 0 Å². The Kier molecular flexibility index (Phi) is 3.65. The number of fused-ring (bicyclic) bond motifs is 1. The van der Waals surface area contributed by atoms with Crippen molar-refractivity contribution in [2.45, 2.75) is 13.8 Å². The molecule has 0 radical (unpaired) electrons. The molecule has 6 heteroatoms. The van der Waals surface area contributed by atoms with Gasteiger partial charge in [-0.2, -0.15) is 5.10 Å². The molecule has 0 saturated heterocycles. The number of aryl methyl sites for hydroxylation is 3. The van der Waals surface area contributed by atoms with Gasteiger partial charge in [0.2, 0.25) is 0 Å². The highest BCUT2D eigenvalue weighted by atomic mass is 16.5. The molecule has 0 aliphatic heterocycles. The fourth-order valence-corrected chi connectivity index (χ4v) is 3.86. The molecule has 0 amide bonds. The minimum absolute atomic E-state index is 0.801. The van der Waals surface area contributed by atoms with Gasteiger partial charge in [-0.05, 0) is 37.1 Å². The Balaban J connectivity index is 1.82. The monoisotopic (exact) mass is 369 g/mol. The van der Waals surface area contributed by atoms with Crippen LogP contribution in [-0.2, 0) is 7.05 Å². The smallest absolute Gasteiger partial charge is 0.141 e. The van der Waals surface area contributed by atoms with Gasteiger partial charge in [0, 0.05) is 23.7 Å². The molecule has 0 unspecified atom stereocenters. The highest BCUT2D eigenvalue weighted by molar-refractivity contribution is 5.99. The Morgan fingerprint density at radius 2 is 1.82 bits per heavy atom. The van der Waals surface area contributed by atoms with Crippen molar-refractivity contribution < 1.29 is 4.52 Å². The fourth-order valence-electron chi connectivity index (χ4n) is 3.86. The second kappa shape index (κ2) is 6.20.